The van der Waals surface area contributed by atoms with Gasteiger partial charge in [-0.2, -0.15) is 0 Å². The molecule has 0 aliphatic carbocycles. The van der Waals surface area contributed by atoms with Gasteiger partial charge in [0.05, 0.1) is 24.2 Å². The average molecular weight is 307 g/mol. The lowest BCUT2D eigenvalue weighted by molar-refractivity contribution is 0.414. The molecule has 0 spiro atoms. The van der Waals surface area contributed by atoms with Gasteiger partial charge in [0.15, 0.2) is 0 Å². The smallest absolute Gasteiger partial charge is 0.264 e. The lowest BCUT2D eigenvalue weighted by Gasteiger charge is -2.12. The van der Waals surface area contributed by atoms with Crippen LogP contribution in [0.4, 0.5) is 11.4 Å². The van der Waals surface area contributed by atoms with Crippen molar-refractivity contribution in [2.24, 2.45) is 0 Å². The van der Waals surface area contributed by atoms with Crippen LogP contribution in [0.2, 0.25) is 0 Å². The third kappa shape index (κ3) is 3.25. The number of nitrogens with two attached hydrogens (primary N) is 1. The fourth-order valence-electron chi connectivity index (χ4n) is 1.89. The van der Waals surface area contributed by atoms with E-state index in [2.05, 4.69) is 9.71 Å². The summed E-state index contributed by atoms with van der Waals surface area (Å²) in [6.45, 7) is 3.58. The van der Waals surface area contributed by atoms with Crippen molar-refractivity contribution in [3.05, 3.63) is 41.7 Å². The summed E-state index contributed by atoms with van der Waals surface area (Å²) in [7, 11) is -2.29. The molecule has 7 heteroatoms. The van der Waals surface area contributed by atoms with Gasteiger partial charge in [-0.05, 0) is 38.1 Å². The van der Waals surface area contributed by atoms with Gasteiger partial charge >= 0.3 is 0 Å². The van der Waals surface area contributed by atoms with Gasteiger partial charge in [-0.1, -0.05) is 0 Å². The maximum atomic E-state index is 12.4. The molecule has 21 heavy (non-hydrogen) atoms. The van der Waals surface area contributed by atoms with Crippen LogP contribution < -0.4 is 15.2 Å². The molecule has 112 valence electrons. The summed E-state index contributed by atoms with van der Waals surface area (Å²) in [5.41, 5.74) is 7.76. The number of ether oxygens (including phenoxy) is 1. The normalized spacial score (nSPS) is 11.2. The molecule has 0 saturated heterocycles. The number of hydrogen-bond acceptors (Lipinski definition) is 5. The van der Waals surface area contributed by atoms with Crippen molar-refractivity contribution in [1.82, 2.24) is 4.98 Å². The number of rotatable bonds is 4. The third-order valence-electron chi connectivity index (χ3n) is 2.98. The molecule has 1 aromatic carbocycles. The van der Waals surface area contributed by atoms with E-state index in [0.29, 0.717) is 17.1 Å². The van der Waals surface area contributed by atoms with Crippen LogP contribution >= 0.6 is 0 Å². The van der Waals surface area contributed by atoms with Crippen LogP contribution in [0, 0.1) is 13.8 Å². The van der Waals surface area contributed by atoms with Gasteiger partial charge in [-0.25, -0.2) is 8.42 Å². The Morgan fingerprint density at radius 1 is 1.19 bits per heavy atom. The summed E-state index contributed by atoms with van der Waals surface area (Å²) in [6.07, 6.45) is 0. The van der Waals surface area contributed by atoms with E-state index < -0.39 is 10.0 Å². The molecule has 0 atom stereocenters. The number of benzene rings is 1. The average Bonchev–Trinajstić information content (AvgIpc) is 2.41. The molecule has 2 aromatic rings. The van der Waals surface area contributed by atoms with Crippen LogP contribution in [0.5, 0.6) is 5.75 Å². The lowest BCUT2D eigenvalue weighted by Crippen LogP contribution is -2.16. The Morgan fingerprint density at radius 2 is 1.90 bits per heavy atom. The van der Waals surface area contributed by atoms with Gasteiger partial charge in [-0.15, -0.1) is 0 Å². The Hall–Kier alpha value is -2.28. The highest BCUT2D eigenvalue weighted by Gasteiger charge is 2.19. The van der Waals surface area contributed by atoms with Gasteiger partial charge in [-0.3, -0.25) is 9.71 Å². The Kier molecular flexibility index (Phi) is 4.04. The summed E-state index contributed by atoms with van der Waals surface area (Å²) in [5.74, 6) is 0.500. The Bertz CT molecular complexity index is 773. The number of aryl methyl sites for hydroxylation is 2. The summed E-state index contributed by atoms with van der Waals surface area (Å²) < 4.78 is 32.3. The largest absolute Gasteiger partial charge is 0.497 e. The molecule has 0 aliphatic heterocycles. The van der Waals surface area contributed by atoms with Crippen LogP contribution in [-0.4, -0.2) is 20.5 Å². The van der Waals surface area contributed by atoms with Crippen molar-refractivity contribution in [3.8, 4) is 5.75 Å². The van der Waals surface area contributed by atoms with E-state index in [9.17, 15) is 8.42 Å². The van der Waals surface area contributed by atoms with Crippen molar-refractivity contribution in [2.45, 2.75) is 18.7 Å². The zero-order chi connectivity index (χ0) is 15.6. The molecule has 0 amide bonds. The molecule has 2 rings (SSSR count). The second kappa shape index (κ2) is 5.61. The predicted molar refractivity (Wildman–Crippen MR) is 81.9 cm³/mol. The first-order valence-corrected chi connectivity index (χ1v) is 7.72. The molecule has 0 bridgehead atoms. The minimum atomic E-state index is -3.77. The molecular weight excluding hydrogens is 290 g/mol. The molecule has 0 saturated carbocycles. The van der Waals surface area contributed by atoms with Crippen LogP contribution in [0.1, 0.15) is 11.4 Å². The molecular formula is C14H17N3O3S. The van der Waals surface area contributed by atoms with Crippen molar-refractivity contribution >= 4 is 21.4 Å². The number of nitrogens with one attached hydrogen (secondary N) is 1. The third-order valence-corrected chi connectivity index (χ3v) is 4.42. The highest BCUT2D eigenvalue weighted by Crippen LogP contribution is 2.26. The molecule has 3 N–H and O–H groups in total. The zero-order valence-corrected chi connectivity index (χ0v) is 12.9. The fraction of sp³-hybridized carbons (Fsp3) is 0.214. The molecule has 1 heterocycles. The number of anilines is 2. The maximum Gasteiger partial charge on any atom is 0.264 e. The second-order valence-corrected chi connectivity index (χ2v) is 6.25. The first-order valence-electron chi connectivity index (χ1n) is 6.24. The van der Waals surface area contributed by atoms with E-state index in [1.54, 1.807) is 25.1 Å². The number of nitrogen functional groups attached to an aromatic ring is 1. The van der Waals surface area contributed by atoms with Crippen molar-refractivity contribution in [3.63, 3.8) is 0 Å². The van der Waals surface area contributed by atoms with Gasteiger partial charge in [0, 0.05) is 11.8 Å². The molecule has 0 fully saturated rings. The summed E-state index contributed by atoms with van der Waals surface area (Å²) in [6, 6.07) is 7.84. The van der Waals surface area contributed by atoms with Crippen molar-refractivity contribution < 1.29 is 13.2 Å². The highest BCUT2D eigenvalue weighted by molar-refractivity contribution is 7.92. The van der Waals surface area contributed by atoms with Gasteiger partial charge < -0.3 is 10.5 Å². The number of methoxy groups -OCH3 is 1. The molecule has 0 unspecified atom stereocenters. The van der Waals surface area contributed by atoms with Gasteiger partial charge in [0.1, 0.15) is 10.6 Å². The molecule has 0 aliphatic rings. The van der Waals surface area contributed by atoms with Crippen molar-refractivity contribution in [2.75, 3.05) is 17.6 Å². The van der Waals surface area contributed by atoms with E-state index in [-0.39, 0.29) is 10.6 Å². The predicted octanol–water partition coefficient (Wildman–Crippen LogP) is 2.09. The lowest BCUT2D eigenvalue weighted by atomic mass is 10.3. The monoisotopic (exact) mass is 307 g/mol. The zero-order valence-electron chi connectivity index (χ0n) is 12.0. The molecule has 1 aromatic heterocycles. The van der Waals surface area contributed by atoms with Crippen LogP contribution in [0.3, 0.4) is 0 Å². The molecule has 0 radical (unpaired) electrons. The first kappa shape index (κ1) is 15.1. The van der Waals surface area contributed by atoms with Gasteiger partial charge in [0.2, 0.25) is 0 Å². The van der Waals surface area contributed by atoms with E-state index in [1.807, 2.05) is 6.92 Å². The number of hydrogen-bond donors (Lipinski definition) is 2. The van der Waals surface area contributed by atoms with Crippen LogP contribution in [0.25, 0.3) is 0 Å². The van der Waals surface area contributed by atoms with Crippen LogP contribution in [0.15, 0.2) is 35.2 Å². The van der Waals surface area contributed by atoms with E-state index in [0.717, 1.165) is 5.69 Å². The topological polar surface area (TPSA) is 94.3 Å². The minimum Gasteiger partial charge on any atom is -0.497 e. The Morgan fingerprint density at radius 3 is 2.48 bits per heavy atom. The van der Waals surface area contributed by atoms with E-state index in [1.165, 1.54) is 19.2 Å². The molecule has 6 nitrogen and oxygen atoms in total. The second-order valence-electron chi connectivity index (χ2n) is 4.59. The first-order chi connectivity index (χ1) is 9.83. The van der Waals surface area contributed by atoms with Crippen molar-refractivity contribution in [1.29, 1.82) is 0 Å². The Balaban J connectivity index is 2.38. The fourth-order valence-corrected chi connectivity index (χ4v) is 3.12. The van der Waals surface area contributed by atoms with Gasteiger partial charge in [0.25, 0.3) is 10.0 Å². The number of pyridine rings is 1. The summed E-state index contributed by atoms with van der Waals surface area (Å²) in [4.78, 5) is 4.23. The number of aromatic nitrogens is 1. The number of sulfonamides is 1. The highest BCUT2D eigenvalue weighted by atomic mass is 32.2. The maximum absolute atomic E-state index is 12.4. The van der Waals surface area contributed by atoms with E-state index in [4.69, 9.17) is 10.5 Å². The minimum absolute atomic E-state index is 0.00303. The van der Waals surface area contributed by atoms with Crippen LogP contribution in [-0.2, 0) is 10.0 Å². The summed E-state index contributed by atoms with van der Waals surface area (Å²) >= 11 is 0. The summed E-state index contributed by atoms with van der Waals surface area (Å²) in [5, 5.41) is 0. The SMILES string of the molecule is COc1ccc(S(=O)(=O)Nc2ccc(C)nc2C)c(N)c1. The number of nitrogens with zero attached hydrogens (tertiary/aromatic N) is 1. The quantitative estimate of drug-likeness (QED) is 0.843. The Labute approximate surface area is 124 Å². The standard InChI is InChI=1S/C14H17N3O3S/c1-9-4-6-13(10(2)16-9)17-21(18,19)14-7-5-11(20-3)8-12(14)15/h4-8,17H,15H2,1-3H3. The van der Waals surface area contributed by atoms with E-state index >= 15 is 0 Å².